The molecule has 13 heavy (non-hydrogen) atoms. The molecule has 0 aliphatic carbocycles. The summed E-state index contributed by atoms with van der Waals surface area (Å²) in [7, 11) is 0. The SMILES string of the molecule is NC(Cc1cnsn1)c1cnsn1. The van der Waals surface area contributed by atoms with E-state index in [0.717, 1.165) is 11.4 Å². The van der Waals surface area contributed by atoms with Crippen molar-refractivity contribution in [1.29, 1.82) is 0 Å². The van der Waals surface area contributed by atoms with Crippen molar-refractivity contribution >= 4 is 23.5 Å². The molecule has 7 heteroatoms. The average molecular weight is 213 g/mol. The van der Waals surface area contributed by atoms with Crippen LogP contribution in [0.15, 0.2) is 12.4 Å². The van der Waals surface area contributed by atoms with Crippen molar-refractivity contribution in [3.63, 3.8) is 0 Å². The first kappa shape index (κ1) is 8.67. The monoisotopic (exact) mass is 213 g/mol. The van der Waals surface area contributed by atoms with Crippen LogP contribution in [0.25, 0.3) is 0 Å². The van der Waals surface area contributed by atoms with E-state index >= 15 is 0 Å². The lowest BCUT2D eigenvalue weighted by molar-refractivity contribution is 0.695. The number of nitrogens with zero attached hydrogens (tertiary/aromatic N) is 4. The normalized spacial score (nSPS) is 13.0. The van der Waals surface area contributed by atoms with Crippen molar-refractivity contribution in [3.05, 3.63) is 23.8 Å². The first-order chi connectivity index (χ1) is 6.36. The van der Waals surface area contributed by atoms with Gasteiger partial charge >= 0.3 is 0 Å². The van der Waals surface area contributed by atoms with Crippen molar-refractivity contribution in [3.8, 4) is 0 Å². The highest BCUT2D eigenvalue weighted by atomic mass is 32.1. The molecule has 0 saturated carbocycles. The molecular formula is C6H7N5S2. The smallest absolute Gasteiger partial charge is 0.0914 e. The van der Waals surface area contributed by atoms with Gasteiger partial charge in [0.05, 0.1) is 53.3 Å². The molecule has 0 aliphatic rings. The van der Waals surface area contributed by atoms with Crippen molar-refractivity contribution in [2.75, 3.05) is 0 Å². The Balaban J connectivity index is 2.04. The van der Waals surface area contributed by atoms with E-state index in [9.17, 15) is 0 Å². The second kappa shape index (κ2) is 3.86. The highest BCUT2D eigenvalue weighted by Gasteiger charge is 2.10. The predicted octanol–water partition coefficient (Wildman–Crippen LogP) is 0.632. The van der Waals surface area contributed by atoms with Crippen molar-refractivity contribution in [2.24, 2.45) is 5.73 Å². The van der Waals surface area contributed by atoms with Crippen molar-refractivity contribution < 1.29 is 0 Å². The largest absolute Gasteiger partial charge is 0.322 e. The Morgan fingerprint density at radius 2 is 2.00 bits per heavy atom. The second-order valence-corrected chi connectivity index (χ2v) is 3.66. The van der Waals surface area contributed by atoms with Gasteiger partial charge in [0.25, 0.3) is 0 Å². The van der Waals surface area contributed by atoms with Gasteiger partial charge < -0.3 is 5.73 Å². The van der Waals surface area contributed by atoms with Gasteiger partial charge in [0.15, 0.2) is 0 Å². The van der Waals surface area contributed by atoms with Crippen molar-refractivity contribution in [1.82, 2.24) is 17.5 Å². The molecule has 1 unspecified atom stereocenters. The van der Waals surface area contributed by atoms with Gasteiger partial charge in [0, 0.05) is 6.42 Å². The zero-order valence-corrected chi connectivity index (χ0v) is 8.25. The molecule has 68 valence electrons. The summed E-state index contributed by atoms with van der Waals surface area (Å²) in [5.74, 6) is 0. The predicted molar refractivity (Wildman–Crippen MR) is 50.5 cm³/mol. The fraction of sp³-hybridized carbons (Fsp3) is 0.333. The molecule has 0 fully saturated rings. The lowest BCUT2D eigenvalue weighted by Crippen LogP contribution is -2.13. The second-order valence-electron chi connectivity index (χ2n) is 2.54. The number of aromatic nitrogens is 4. The average Bonchev–Trinajstić information content (AvgIpc) is 2.74. The quantitative estimate of drug-likeness (QED) is 0.809. The minimum atomic E-state index is -0.123. The highest BCUT2D eigenvalue weighted by Crippen LogP contribution is 2.12. The van der Waals surface area contributed by atoms with Crippen LogP contribution in [0.3, 0.4) is 0 Å². The summed E-state index contributed by atoms with van der Waals surface area (Å²) < 4.78 is 15.9. The molecule has 0 bridgehead atoms. The Morgan fingerprint density at radius 1 is 1.23 bits per heavy atom. The molecule has 1 atom stereocenters. The maximum atomic E-state index is 5.87. The number of nitrogens with two attached hydrogens (primary N) is 1. The minimum Gasteiger partial charge on any atom is -0.322 e. The van der Waals surface area contributed by atoms with E-state index in [4.69, 9.17) is 5.73 Å². The third kappa shape index (κ3) is 2.06. The molecule has 2 aromatic rings. The van der Waals surface area contributed by atoms with E-state index in [2.05, 4.69) is 17.5 Å². The maximum Gasteiger partial charge on any atom is 0.0914 e. The number of rotatable bonds is 3. The summed E-state index contributed by atoms with van der Waals surface area (Å²) in [6.07, 6.45) is 4.08. The van der Waals surface area contributed by atoms with E-state index in [1.54, 1.807) is 12.4 Å². The molecule has 2 N–H and O–H groups in total. The van der Waals surface area contributed by atoms with Crippen LogP contribution in [0.5, 0.6) is 0 Å². The van der Waals surface area contributed by atoms with Crippen LogP contribution in [0, 0.1) is 0 Å². The summed E-state index contributed by atoms with van der Waals surface area (Å²) in [5.41, 5.74) is 7.60. The van der Waals surface area contributed by atoms with Gasteiger partial charge in [-0.05, 0) is 0 Å². The van der Waals surface area contributed by atoms with Gasteiger partial charge in [-0.15, -0.1) is 0 Å². The molecule has 0 radical (unpaired) electrons. The Morgan fingerprint density at radius 3 is 2.62 bits per heavy atom. The fourth-order valence-corrected chi connectivity index (χ4v) is 1.86. The lowest BCUT2D eigenvalue weighted by Gasteiger charge is -2.03. The summed E-state index contributed by atoms with van der Waals surface area (Å²) >= 11 is 2.36. The van der Waals surface area contributed by atoms with E-state index in [0.29, 0.717) is 6.42 Å². The van der Waals surface area contributed by atoms with Gasteiger partial charge in [0.2, 0.25) is 0 Å². The van der Waals surface area contributed by atoms with Crippen LogP contribution < -0.4 is 5.73 Å². The van der Waals surface area contributed by atoms with Crippen LogP contribution in [0.1, 0.15) is 17.4 Å². The first-order valence-corrected chi connectivity index (χ1v) is 5.12. The molecule has 0 spiro atoms. The Labute approximate surface area is 83.3 Å². The molecule has 0 saturated heterocycles. The lowest BCUT2D eigenvalue weighted by atomic mass is 10.1. The van der Waals surface area contributed by atoms with Gasteiger partial charge in [0.1, 0.15) is 0 Å². The Bertz CT molecular complexity index is 343. The molecule has 5 nitrogen and oxygen atoms in total. The third-order valence-electron chi connectivity index (χ3n) is 1.59. The zero-order chi connectivity index (χ0) is 9.10. The minimum absolute atomic E-state index is 0.123. The van der Waals surface area contributed by atoms with Crippen molar-refractivity contribution in [2.45, 2.75) is 12.5 Å². The van der Waals surface area contributed by atoms with Gasteiger partial charge in [-0.1, -0.05) is 0 Å². The van der Waals surface area contributed by atoms with Crippen LogP contribution in [-0.4, -0.2) is 17.5 Å². The van der Waals surface area contributed by atoms with E-state index < -0.39 is 0 Å². The molecule has 0 aliphatic heterocycles. The maximum absolute atomic E-state index is 5.87. The number of hydrogen-bond acceptors (Lipinski definition) is 7. The van der Waals surface area contributed by atoms with E-state index in [1.807, 2.05) is 0 Å². The van der Waals surface area contributed by atoms with E-state index in [1.165, 1.54) is 23.5 Å². The molecule has 2 heterocycles. The van der Waals surface area contributed by atoms with Gasteiger partial charge in [-0.2, -0.15) is 17.5 Å². The van der Waals surface area contributed by atoms with Crippen LogP contribution in [-0.2, 0) is 6.42 Å². The third-order valence-corrected chi connectivity index (χ3v) is 2.60. The Kier molecular flexibility index (Phi) is 2.57. The summed E-state index contributed by atoms with van der Waals surface area (Å²) in [6.45, 7) is 0. The van der Waals surface area contributed by atoms with Crippen LogP contribution >= 0.6 is 23.5 Å². The molecule has 2 rings (SSSR count). The molecular weight excluding hydrogens is 206 g/mol. The standard InChI is InChI=1S/C6H7N5S2/c7-5(6-3-9-13-11-6)1-4-2-8-12-10-4/h2-3,5H,1,7H2. The topological polar surface area (TPSA) is 77.6 Å². The molecule has 0 amide bonds. The zero-order valence-electron chi connectivity index (χ0n) is 6.62. The summed E-state index contributed by atoms with van der Waals surface area (Å²) in [4.78, 5) is 0. The summed E-state index contributed by atoms with van der Waals surface area (Å²) in [5, 5.41) is 0. The van der Waals surface area contributed by atoms with Crippen LogP contribution in [0.2, 0.25) is 0 Å². The summed E-state index contributed by atoms with van der Waals surface area (Å²) in [6, 6.07) is -0.123. The first-order valence-electron chi connectivity index (χ1n) is 3.66. The molecule has 0 aromatic carbocycles. The fourth-order valence-electron chi connectivity index (χ4n) is 0.939. The Hall–Kier alpha value is -0.920. The molecule has 2 aromatic heterocycles. The van der Waals surface area contributed by atoms with Gasteiger partial charge in [-0.3, -0.25) is 0 Å². The van der Waals surface area contributed by atoms with Gasteiger partial charge in [-0.25, -0.2) is 0 Å². The van der Waals surface area contributed by atoms with E-state index in [-0.39, 0.29) is 6.04 Å². The number of hydrogen-bond donors (Lipinski definition) is 1. The van der Waals surface area contributed by atoms with Crippen LogP contribution in [0.4, 0.5) is 0 Å². The highest BCUT2D eigenvalue weighted by molar-refractivity contribution is 6.99.